The fraction of sp³-hybridized carbons (Fsp3) is 0.500. The molecule has 1 atom stereocenters. The molecule has 106 valence electrons. The summed E-state index contributed by atoms with van der Waals surface area (Å²) in [6.45, 7) is 2.31. The number of likely N-dealkylation sites (tertiary alicyclic amines) is 1. The van der Waals surface area contributed by atoms with E-state index < -0.39 is 0 Å². The van der Waals surface area contributed by atoms with Crippen LogP contribution in [0, 0.1) is 5.92 Å². The summed E-state index contributed by atoms with van der Waals surface area (Å²) in [4.78, 5) is 14.0. The highest BCUT2D eigenvalue weighted by Crippen LogP contribution is 2.18. The van der Waals surface area contributed by atoms with Gasteiger partial charge < -0.3 is 15.4 Å². The van der Waals surface area contributed by atoms with Gasteiger partial charge >= 0.3 is 0 Å². The number of halogens is 1. The van der Waals surface area contributed by atoms with Gasteiger partial charge in [0.1, 0.15) is 5.75 Å². The van der Waals surface area contributed by atoms with Gasteiger partial charge in [-0.3, -0.25) is 4.79 Å². The van der Waals surface area contributed by atoms with E-state index in [-0.39, 0.29) is 18.3 Å². The number of hydrogen-bond donors (Lipinski definition) is 1. The summed E-state index contributed by atoms with van der Waals surface area (Å²) in [5, 5.41) is 0. The molecular weight excluding hydrogens is 264 g/mol. The molecule has 19 heavy (non-hydrogen) atoms. The van der Waals surface area contributed by atoms with Crippen LogP contribution in [0.25, 0.3) is 0 Å². The van der Waals surface area contributed by atoms with Crippen LogP contribution in [0.4, 0.5) is 0 Å². The van der Waals surface area contributed by atoms with E-state index in [9.17, 15) is 4.79 Å². The van der Waals surface area contributed by atoms with Crippen molar-refractivity contribution in [3.8, 4) is 5.75 Å². The van der Waals surface area contributed by atoms with Gasteiger partial charge in [0, 0.05) is 13.1 Å². The number of ether oxygens (including phenoxy) is 1. The molecule has 2 rings (SSSR count). The van der Waals surface area contributed by atoms with Gasteiger partial charge in [-0.15, -0.1) is 12.4 Å². The highest BCUT2D eigenvalue weighted by atomic mass is 35.5. The van der Waals surface area contributed by atoms with E-state index in [0.29, 0.717) is 18.9 Å². The first-order valence-electron chi connectivity index (χ1n) is 6.33. The smallest absolute Gasteiger partial charge is 0.227 e. The molecule has 0 bridgehead atoms. The summed E-state index contributed by atoms with van der Waals surface area (Å²) in [5.74, 6) is 1.44. The first-order chi connectivity index (χ1) is 8.72. The minimum absolute atomic E-state index is 0. The van der Waals surface area contributed by atoms with Crippen molar-refractivity contribution in [2.75, 3.05) is 26.7 Å². The lowest BCUT2D eigenvalue weighted by Crippen LogP contribution is -2.31. The summed E-state index contributed by atoms with van der Waals surface area (Å²) in [5.41, 5.74) is 6.63. The molecule has 0 aromatic heterocycles. The first-order valence-corrected chi connectivity index (χ1v) is 6.33. The van der Waals surface area contributed by atoms with Crippen molar-refractivity contribution >= 4 is 18.3 Å². The van der Waals surface area contributed by atoms with Crippen molar-refractivity contribution in [3.05, 3.63) is 29.8 Å². The number of hydrogen-bond acceptors (Lipinski definition) is 3. The van der Waals surface area contributed by atoms with Crippen LogP contribution < -0.4 is 10.5 Å². The van der Waals surface area contributed by atoms with E-state index in [4.69, 9.17) is 10.5 Å². The molecule has 5 heteroatoms. The minimum Gasteiger partial charge on any atom is -0.497 e. The van der Waals surface area contributed by atoms with Gasteiger partial charge in [-0.05, 0) is 36.6 Å². The second-order valence-corrected chi connectivity index (χ2v) is 4.76. The number of nitrogens with two attached hydrogens (primary N) is 1. The van der Waals surface area contributed by atoms with Crippen LogP contribution in [0.15, 0.2) is 24.3 Å². The second kappa shape index (κ2) is 7.36. The third-order valence-corrected chi connectivity index (χ3v) is 3.46. The van der Waals surface area contributed by atoms with Gasteiger partial charge in [0.05, 0.1) is 13.5 Å². The highest BCUT2D eigenvalue weighted by molar-refractivity contribution is 5.85. The molecular formula is C14H21ClN2O2. The van der Waals surface area contributed by atoms with Crippen molar-refractivity contribution in [2.45, 2.75) is 12.8 Å². The lowest BCUT2D eigenvalue weighted by atomic mass is 10.1. The van der Waals surface area contributed by atoms with Crippen LogP contribution in [0.1, 0.15) is 12.0 Å². The molecule has 1 aromatic carbocycles. The van der Waals surface area contributed by atoms with Gasteiger partial charge in [-0.25, -0.2) is 0 Å². The Balaban J connectivity index is 0.00000180. The third kappa shape index (κ3) is 4.11. The van der Waals surface area contributed by atoms with Crippen LogP contribution in [-0.2, 0) is 11.2 Å². The number of nitrogens with zero attached hydrogens (tertiary/aromatic N) is 1. The lowest BCUT2D eigenvalue weighted by Gasteiger charge is -2.16. The molecule has 1 saturated heterocycles. The maximum Gasteiger partial charge on any atom is 0.227 e. The molecule has 0 aliphatic carbocycles. The number of benzene rings is 1. The van der Waals surface area contributed by atoms with Crippen LogP contribution in [-0.4, -0.2) is 37.6 Å². The predicted octanol–water partition coefficient (Wildman–Crippen LogP) is 1.47. The summed E-state index contributed by atoms with van der Waals surface area (Å²) in [7, 11) is 1.63. The molecule has 1 fully saturated rings. The molecule has 1 amide bonds. The number of methoxy groups -OCH3 is 1. The van der Waals surface area contributed by atoms with E-state index >= 15 is 0 Å². The average molecular weight is 285 g/mol. The molecule has 1 aliphatic rings. The van der Waals surface area contributed by atoms with Gasteiger partial charge in [0.25, 0.3) is 0 Å². The average Bonchev–Trinajstić information content (AvgIpc) is 2.88. The molecule has 0 spiro atoms. The van der Waals surface area contributed by atoms with Crippen molar-refractivity contribution < 1.29 is 9.53 Å². The molecule has 0 radical (unpaired) electrons. The van der Waals surface area contributed by atoms with Crippen molar-refractivity contribution in [3.63, 3.8) is 0 Å². The summed E-state index contributed by atoms with van der Waals surface area (Å²) < 4.78 is 5.15. The zero-order chi connectivity index (χ0) is 13.0. The zero-order valence-electron chi connectivity index (χ0n) is 11.2. The number of rotatable bonds is 4. The Morgan fingerprint density at radius 3 is 2.95 bits per heavy atom. The number of carbonyl (C=O) groups is 1. The molecule has 1 aliphatic heterocycles. The molecule has 1 unspecified atom stereocenters. The van der Waals surface area contributed by atoms with Gasteiger partial charge in [0.2, 0.25) is 5.91 Å². The Bertz CT molecular complexity index is 426. The fourth-order valence-electron chi connectivity index (χ4n) is 2.32. The van der Waals surface area contributed by atoms with Crippen LogP contribution in [0.3, 0.4) is 0 Å². The first kappa shape index (κ1) is 15.8. The fourth-order valence-corrected chi connectivity index (χ4v) is 2.32. The SMILES string of the molecule is COc1cccc(CC(=O)N2CCC(CN)C2)c1.Cl. The quantitative estimate of drug-likeness (QED) is 0.911. The van der Waals surface area contributed by atoms with Crippen molar-refractivity contribution in [1.29, 1.82) is 0 Å². The van der Waals surface area contributed by atoms with Crippen LogP contribution >= 0.6 is 12.4 Å². The van der Waals surface area contributed by atoms with E-state index in [1.54, 1.807) is 7.11 Å². The maximum atomic E-state index is 12.1. The van der Waals surface area contributed by atoms with Crippen molar-refractivity contribution in [2.24, 2.45) is 11.7 Å². The van der Waals surface area contributed by atoms with Crippen molar-refractivity contribution in [1.82, 2.24) is 4.90 Å². The number of carbonyl (C=O) groups excluding carboxylic acids is 1. The standard InChI is InChI=1S/C14H20N2O2.ClH/c1-18-13-4-2-3-11(7-13)8-14(17)16-6-5-12(9-15)10-16;/h2-4,7,12H,5-6,8-10,15H2,1H3;1H. The normalized spacial score (nSPS) is 18.0. The van der Waals surface area contributed by atoms with Gasteiger partial charge in [-0.1, -0.05) is 12.1 Å². The summed E-state index contributed by atoms with van der Waals surface area (Å²) >= 11 is 0. The Kier molecular flexibility index (Phi) is 6.12. The topological polar surface area (TPSA) is 55.6 Å². The molecule has 1 heterocycles. The largest absolute Gasteiger partial charge is 0.497 e. The Hall–Kier alpha value is -1.26. The maximum absolute atomic E-state index is 12.1. The van der Waals surface area contributed by atoms with E-state index in [2.05, 4.69) is 0 Å². The molecule has 4 nitrogen and oxygen atoms in total. The highest BCUT2D eigenvalue weighted by Gasteiger charge is 2.24. The monoisotopic (exact) mass is 284 g/mol. The Morgan fingerprint density at radius 2 is 2.32 bits per heavy atom. The number of amides is 1. The zero-order valence-corrected chi connectivity index (χ0v) is 12.0. The Labute approximate surface area is 120 Å². The van der Waals surface area contributed by atoms with E-state index in [1.807, 2.05) is 29.2 Å². The van der Waals surface area contributed by atoms with Crippen LogP contribution in [0.5, 0.6) is 5.75 Å². The predicted molar refractivity (Wildman–Crippen MR) is 77.7 cm³/mol. The lowest BCUT2D eigenvalue weighted by molar-refractivity contribution is -0.129. The van der Waals surface area contributed by atoms with E-state index in [0.717, 1.165) is 30.8 Å². The summed E-state index contributed by atoms with van der Waals surface area (Å²) in [6.07, 6.45) is 1.47. The van der Waals surface area contributed by atoms with Gasteiger partial charge in [0.15, 0.2) is 0 Å². The summed E-state index contributed by atoms with van der Waals surface area (Å²) in [6, 6.07) is 7.66. The molecule has 1 aromatic rings. The second-order valence-electron chi connectivity index (χ2n) is 4.76. The van der Waals surface area contributed by atoms with Crippen LogP contribution in [0.2, 0.25) is 0 Å². The van der Waals surface area contributed by atoms with Gasteiger partial charge in [-0.2, -0.15) is 0 Å². The third-order valence-electron chi connectivity index (χ3n) is 3.46. The minimum atomic E-state index is 0. The molecule has 0 saturated carbocycles. The van der Waals surface area contributed by atoms with E-state index in [1.165, 1.54) is 0 Å². The molecule has 2 N–H and O–H groups in total. The Morgan fingerprint density at radius 1 is 1.53 bits per heavy atom.